The highest BCUT2D eigenvalue weighted by Crippen LogP contribution is 2.37. The summed E-state index contributed by atoms with van der Waals surface area (Å²) in [7, 11) is -1.98. The van der Waals surface area contributed by atoms with Gasteiger partial charge in [-0.1, -0.05) is 19.1 Å². The van der Waals surface area contributed by atoms with Crippen LogP contribution in [0.5, 0.6) is 11.6 Å². The molecule has 0 fully saturated rings. The van der Waals surface area contributed by atoms with E-state index in [1.54, 1.807) is 44.2 Å². The Hall–Kier alpha value is -3.14. The lowest BCUT2D eigenvalue weighted by Crippen LogP contribution is -2.34. The lowest BCUT2D eigenvalue weighted by Gasteiger charge is -2.27. The van der Waals surface area contributed by atoms with E-state index in [4.69, 9.17) is 9.47 Å². The van der Waals surface area contributed by atoms with Crippen molar-refractivity contribution >= 4 is 27.3 Å². The van der Waals surface area contributed by atoms with Gasteiger partial charge < -0.3 is 19.7 Å². The molecule has 2 aromatic rings. The van der Waals surface area contributed by atoms with Crippen LogP contribution >= 0.6 is 0 Å². The summed E-state index contributed by atoms with van der Waals surface area (Å²) in [6.45, 7) is 4.06. The molecular formula is C22H27N3O6S. The smallest absolute Gasteiger partial charge is 0.257 e. The first-order valence-electron chi connectivity index (χ1n) is 10.3. The van der Waals surface area contributed by atoms with Crippen LogP contribution in [0.25, 0.3) is 0 Å². The first-order valence-corrected chi connectivity index (χ1v) is 12.3. The minimum atomic E-state index is -3.47. The van der Waals surface area contributed by atoms with Crippen LogP contribution < -0.4 is 14.8 Å². The topological polar surface area (TPSA) is 115 Å². The summed E-state index contributed by atoms with van der Waals surface area (Å²) in [6.07, 6.45) is 1.39. The van der Waals surface area contributed by atoms with E-state index in [9.17, 15) is 18.0 Å². The maximum atomic E-state index is 13.4. The highest BCUT2D eigenvalue weighted by atomic mass is 32.2. The third-order valence-electron chi connectivity index (χ3n) is 5.09. The molecule has 1 atom stereocenters. The number of carbonyl (C=O) groups excluding carboxylic acids is 2. The van der Waals surface area contributed by atoms with Crippen LogP contribution in [0.15, 0.2) is 30.3 Å². The number of hydrogen-bond donors (Lipinski definition) is 1. The van der Waals surface area contributed by atoms with Crippen molar-refractivity contribution in [1.29, 1.82) is 0 Å². The van der Waals surface area contributed by atoms with Gasteiger partial charge >= 0.3 is 0 Å². The zero-order chi connectivity index (χ0) is 23.5. The number of benzene rings is 1. The van der Waals surface area contributed by atoms with E-state index in [0.717, 1.165) is 6.26 Å². The summed E-state index contributed by atoms with van der Waals surface area (Å²) >= 11 is 0. The van der Waals surface area contributed by atoms with Crippen molar-refractivity contribution in [3.05, 3.63) is 47.2 Å². The molecule has 0 saturated heterocycles. The third-order valence-corrected chi connectivity index (χ3v) is 6.01. The Morgan fingerprint density at radius 1 is 1.25 bits per heavy atom. The third kappa shape index (κ3) is 5.01. The second kappa shape index (κ2) is 9.56. The Balaban J connectivity index is 2.04. The second-order valence-electron chi connectivity index (χ2n) is 7.46. The van der Waals surface area contributed by atoms with Crippen molar-refractivity contribution < 1.29 is 27.5 Å². The first kappa shape index (κ1) is 23.5. The van der Waals surface area contributed by atoms with Crippen LogP contribution in [0, 0.1) is 0 Å². The van der Waals surface area contributed by atoms with Gasteiger partial charge in [0.25, 0.3) is 11.8 Å². The number of hydrogen-bond acceptors (Lipinski definition) is 7. The summed E-state index contributed by atoms with van der Waals surface area (Å²) in [5, 5.41) is 2.75. The minimum absolute atomic E-state index is 0.196. The number of sulfone groups is 1. The van der Waals surface area contributed by atoms with Crippen LogP contribution in [0.4, 0.5) is 5.69 Å². The fraction of sp³-hybridized carbons (Fsp3) is 0.409. The van der Waals surface area contributed by atoms with Crippen molar-refractivity contribution in [2.75, 3.05) is 31.0 Å². The van der Waals surface area contributed by atoms with Crippen molar-refractivity contribution in [3.8, 4) is 11.6 Å². The molecule has 1 aromatic heterocycles. The molecule has 2 heterocycles. The van der Waals surface area contributed by atoms with Gasteiger partial charge in [0.15, 0.2) is 5.75 Å². The van der Waals surface area contributed by atoms with Gasteiger partial charge in [0.05, 0.1) is 42.5 Å². The molecule has 1 aliphatic rings. The van der Waals surface area contributed by atoms with Crippen molar-refractivity contribution in [1.82, 2.24) is 9.88 Å². The molecular weight excluding hydrogens is 434 g/mol. The fourth-order valence-electron chi connectivity index (χ4n) is 3.62. The van der Waals surface area contributed by atoms with Gasteiger partial charge in [-0.2, -0.15) is 0 Å². The van der Waals surface area contributed by atoms with Gasteiger partial charge in [0.1, 0.15) is 9.84 Å². The SMILES string of the molecule is CCOc1nc([C@H](CS(C)(=O)=O)N2Cc3cccc(NC(=O)CC)c3C2=O)ccc1OC. The van der Waals surface area contributed by atoms with Crippen LogP contribution in [0.3, 0.4) is 0 Å². The molecule has 0 unspecified atom stereocenters. The second-order valence-corrected chi connectivity index (χ2v) is 9.64. The predicted octanol–water partition coefficient (Wildman–Crippen LogP) is 2.58. The van der Waals surface area contributed by atoms with Crippen LogP contribution in [0.2, 0.25) is 0 Å². The number of fused-ring (bicyclic) bond motifs is 1. The number of nitrogens with one attached hydrogen (secondary N) is 1. The number of methoxy groups -OCH3 is 1. The average Bonchev–Trinajstić information content (AvgIpc) is 3.09. The Morgan fingerprint density at radius 2 is 2.00 bits per heavy atom. The summed E-state index contributed by atoms with van der Waals surface area (Å²) in [5.41, 5.74) is 1.87. The molecule has 3 rings (SSSR count). The van der Waals surface area contributed by atoms with Gasteiger partial charge in [0, 0.05) is 19.2 Å². The van der Waals surface area contributed by atoms with Gasteiger partial charge in [-0.05, 0) is 30.7 Å². The summed E-state index contributed by atoms with van der Waals surface area (Å²) in [5.74, 6) is -0.249. The fourth-order valence-corrected chi connectivity index (χ4v) is 4.55. The molecule has 32 heavy (non-hydrogen) atoms. The molecule has 10 heteroatoms. The monoisotopic (exact) mass is 461 g/mol. The minimum Gasteiger partial charge on any atom is -0.491 e. The van der Waals surface area contributed by atoms with Gasteiger partial charge in [-0.3, -0.25) is 9.59 Å². The molecule has 1 aromatic carbocycles. The van der Waals surface area contributed by atoms with Crippen molar-refractivity contribution in [2.24, 2.45) is 0 Å². The lowest BCUT2D eigenvalue weighted by atomic mass is 10.1. The van der Waals surface area contributed by atoms with Crippen LogP contribution in [0.1, 0.15) is 47.9 Å². The number of nitrogens with zero attached hydrogens (tertiary/aromatic N) is 2. The van der Waals surface area contributed by atoms with E-state index in [-0.39, 0.29) is 36.4 Å². The maximum Gasteiger partial charge on any atom is 0.257 e. The molecule has 1 N–H and O–H groups in total. The number of rotatable bonds is 9. The molecule has 0 bridgehead atoms. The van der Waals surface area contributed by atoms with E-state index in [0.29, 0.717) is 34.9 Å². The van der Waals surface area contributed by atoms with Gasteiger partial charge in [0.2, 0.25) is 5.91 Å². The van der Waals surface area contributed by atoms with Gasteiger partial charge in [-0.25, -0.2) is 13.4 Å². The highest BCUT2D eigenvalue weighted by molar-refractivity contribution is 7.90. The normalized spacial score (nSPS) is 14.1. The molecule has 0 spiro atoms. The number of amides is 2. The van der Waals surface area contributed by atoms with E-state index in [1.165, 1.54) is 12.0 Å². The molecule has 9 nitrogen and oxygen atoms in total. The number of ether oxygens (including phenoxy) is 2. The quantitative estimate of drug-likeness (QED) is 0.610. The largest absolute Gasteiger partial charge is 0.491 e. The molecule has 172 valence electrons. The number of pyridine rings is 1. The van der Waals surface area contributed by atoms with Crippen molar-refractivity contribution in [2.45, 2.75) is 32.9 Å². The molecule has 0 aliphatic carbocycles. The Labute approximate surface area is 187 Å². The summed E-state index contributed by atoms with van der Waals surface area (Å²) in [6, 6.07) is 7.64. The van der Waals surface area contributed by atoms with Gasteiger partial charge in [-0.15, -0.1) is 0 Å². The maximum absolute atomic E-state index is 13.4. The zero-order valence-electron chi connectivity index (χ0n) is 18.5. The van der Waals surface area contributed by atoms with Crippen molar-refractivity contribution in [3.63, 3.8) is 0 Å². The molecule has 0 saturated carbocycles. The summed E-state index contributed by atoms with van der Waals surface area (Å²) < 4.78 is 35.3. The zero-order valence-corrected chi connectivity index (χ0v) is 19.4. The predicted molar refractivity (Wildman–Crippen MR) is 120 cm³/mol. The number of carbonyl (C=O) groups is 2. The van der Waals surface area contributed by atoms with Crippen LogP contribution in [-0.2, 0) is 21.2 Å². The van der Waals surface area contributed by atoms with E-state index in [2.05, 4.69) is 10.3 Å². The lowest BCUT2D eigenvalue weighted by molar-refractivity contribution is -0.115. The molecule has 1 aliphatic heterocycles. The Bertz CT molecular complexity index is 1130. The summed E-state index contributed by atoms with van der Waals surface area (Å²) in [4.78, 5) is 31.3. The number of anilines is 1. The van der Waals surface area contributed by atoms with E-state index >= 15 is 0 Å². The highest BCUT2D eigenvalue weighted by Gasteiger charge is 2.38. The first-order chi connectivity index (χ1) is 15.2. The Kier molecular flexibility index (Phi) is 7.02. The van der Waals surface area contributed by atoms with E-state index in [1.807, 2.05) is 0 Å². The number of aromatic nitrogens is 1. The molecule has 0 radical (unpaired) electrons. The Morgan fingerprint density at radius 3 is 2.62 bits per heavy atom. The standard InChI is InChI=1S/C22H27N3O6S/c1-5-19(26)23-16-9-7-8-14-12-25(22(27)20(14)16)17(13-32(4,28)29)15-10-11-18(30-3)21(24-15)31-6-2/h7-11,17H,5-6,12-13H2,1-4H3,(H,23,26)/t17-/m0/s1. The average molecular weight is 462 g/mol. The van der Waals surface area contributed by atoms with Crippen LogP contribution in [-0.4, -0.2) is 55.8 Å². The van der Waals surface area contributed by atoms with E-state index < -0.39 is 15.9 Å². The molecule has 2 amide bonds.